The van der Waals surface area contributed by atoms with E-state index >= 15 is 0 Å². The summed E-state index contributed by atoms with van der Waals surface area (Å²) in [7, 11) is 0. The van der Waals surface area contributed by atoms with Crippen LogP contribution in [0.3, 0.4) is 0 Å². The molecule has 0 saturated carbocycles. The lowest BCUT2D eigenvalue weighted by molar-refractivity contribution is -0.147. The summed E-state index contributed by atoms with van der Waals surface area (Å²) in [6.07, 6.45) is 3.64. The summed E-state index contributed by atoms with van der Waals surface area (Å²) in [4.78, 5) is 38.9. The number of ether oxygens (including phenoxy) is 1. The predicted molar refractivity (Wildman–Crippen MR) is 79.8 cm³/mol. The van der Waals surface area contributed by atoms with E-state index in [1.54, 1.807) is 9.80 Å². The van der Waals surface area contributed by atoms with E-state index in [1.165, 1.54) is 0 Å². The van der Waals surface area contributed by atoms with Crippen LogP contribution in [0.1, 0.15) is 39.0 Å². The first kappa shape index (κ1) is 16.7. The topological polar surface area (TPSA) is 92.9 Å². The number of rotatable bonds is 5. The van der Waals surface area contributed by atoms with Crippen molar-refractivity contribution in [1.29, 1.82) is 0 Å². The van der Waals surface area contributed by atoms with Gasteiger partial charge in [0.05, 0.1) is 6.10 Å². The number of hydrogen-bond acceptors (Lipinski definition) is 4. The van der Waals surface area contributed by atoms with Crippen molar-refractivity contribution in [3.63, 3.8) is 0 Å². The Balaban J connectivity index is 1.92. The standard InChI is InChI=1S/C15H25N3O4/c1-2-14(20)18-7-4-3-5-12(18)15(21)17-8-6-11(9-17)22-10-13(16)19/h11-12H,2-10H2,1H3,(H2,16,19)/t11-,12-/m1/s1. The van der Waals surface area contributed by atoms with Crippen LogP contribution in [0, 0.1) is 0 Å². The van der Waals surface area contributed by atoms with Gasteiger partial charge in [-0.2, -0.15) is 0 Å². The third-order valence-corrected chi connectivity index (χ3v) is 4.33. The van der Waals surface area contributed by atoms with E-state index in [1.807, 2.05) is 6.92 Å². The van der Waals surface area contributed by atoms with Crippen LogP contribution in [0.4, 0.5) is 0 Å². The molecule has 0 bridgehead atoms. The van der Waals surface area contributed by atoms with Gasteiger partial charge in [0.25, 0.3) is 0 Å². The maximum atomic E-state index is 12.7. The van der Waals surface area contributed by atoms with Gasteiger partial charge in [0.15, 0.2) is 0 Å². The SMILES string of the molecule is CCC(=O)N1CCCC[C@@H]1C(=O)N1CC[C@@H](OCC(N)=O)C1. The fraction of sp³-hybridized carbons (Fsp3) is 0.800. The summed E-state index contributed by atoms with van der Waals surface area (Å²) in [5.74, 6) is -0.456. The lowest BCUT2D eigenvalue weighted by atomic mass is 10.0. The monoisotopic (exact) mass is 311 g/mol. The second-order valence-corrected chi connectivity index (χ2v) is 5.92. The molecule has 2 heterocycles. The Morgan fingerprint density at radius 1 is 1.18 bits per heavy atom. The number of piperidine rings is 1. The molecule has 2 aliphatic rings. The summed E-state index contributed by atoms with van der Waals surface area (Å²) in [5, 5.41) is 0. The minimum atomic E-state index is -0.503. The first-order valence-electron chi connectivity index (χ1n) is 8.01. The van der Waals surface area contributed by atoms with Gasteiger partial charge in [0.2, 0.25) is 17.7 Å². The van der Waals surface area contributed by atoms with Crippen molar-refractivity contribution in [2.45, 2.75) is 51.2 Å². The number of amides is 3. The summed E-state index contributed by atoms with van der Waals surface area (Å²) in [6, 6.07) is -0.337. The van der Waals surface area contributed by atoms with E-state index in [9.17, 15) is 14.4 Å². The average molecular weight is 311 g/mol. The van der Waals surface area contributed by atoms with Crippen molar-refractivity contribution in [2.75, 3.05) is 26.2 Å². The molecule has 0 aromatic heterocycles. The zero-order valence-corrected chi connectivity index (χ0v) is 13.1. The Hall–Kier alpha value is -1.63. The smallest absolute Gasteiger partial charge is 0.245 e. The Bertz CT molecular complexity index is 441. The second kappa shape index (κ2) is 7.58. The number of hydrogen-bond donors (Lipinski definition) is 1. The number of primary amides is 1. The molecule has 7 nitrogen and oxygen atoms in total. The fourth-order valence-electron chi connectivity index (χ4n) is 3.17. The van der Waals surface area contributed by atoms with Crippen molar-refractivity contribution >= 4 is 17.7 Å². The third kappa shape index (κ3) is 3.97. The van der Waals surface area contributed by atoms with Gasteiger partial charge in [-0.15, -0.1) is 0 Å². The molecule has 0 radical (unpaired) electrons. The second-order valence-electron chi connectivity index (χ2n) is 5.92. The van der Waals surface area contributed by atoms with E-state index in [2.05, 4.69) is 0 Å². The summed E-state index contributed by atoms with van der Waals surface area (Å²) < 4.78 is 5.38. The molecule has 0 aliphatic carbocycles. The van der Waals surface area contributed by atoms with Crippen LogP contribution in [-0.4, -0.2) is 65.9 Å². The maximum Gasteiger partial charge on any atom is 0.245 e. The molecule has 2 saturated heterocycles. The maximum absolute atomic E-state index is 12.7. The largest absolute Gasteiger partial charge is 0.368 e. The van der Waals surface area contributed by atoms with Crippen LogP contribution >= 0.6 is 0 Å². The molecule has 7 heteroatoms. The lowest BCUT2D eigenvalue weighted by Gasteiger charge is -2.36. The number of nitrogens with two attached hydrogens (primary N) is 1. The van der Waals surface area contributed by atoms with Crippen LogP contribution in [-0.2, 0) is 19.1 Å². The zero-order chi connectivity index (χ0) is 16.1. The van der Waals surface area contributed by atoms with Crippen LogP contribution in [0.15, 0.2) is 0 Å². The highest BCUT2D eigenvalue weighted by molar-refractivity contribution is 5.88. The van der Waals surface area contributed by atoms with Gasteiger partial charge in [-0.3, -0.25) is 14.4 Å². The number of carbonyl (C=O) groups excluding carboxylic acids is 3. The Morgan fingerprint density at radius 2 is 1.95 bits per heavy atom. The van der Waals surface area contributed by atoms with Crippen molar-refractivity contribution < 1.29 is 19.1 Å². The van der Waals surface area contributed by atoms with Crippen LogP contribution in [0.25, 0.3) is 0 Å². The highest BCUT2D eigenvalue weighted by Gasteiger charge is 2.37. The van der Waals surface area contributed by atoms with E-state index < -0.39 is 5.91 Å². The highest BCUT2D eigenvalue weighted by atomic mass is 16.5. The molecule has 22 heavy (non-hydrogen) atoms. The number of likely N-dealkylation sites (tertiary alicyclic amines) is 2. The minimum absolute atomic E-state index is 0.00618. The first-order chi connectivity index (χ1) is 10.5. The summed E-state index contributed by atoms with van der Waals surface area (Å²) in [5.41, 5.74) is 5.06. The molecule has 0 aromatic carbocycles. The van der Waals surface area contributed by atoms with Gasteiger partial charge in [-0.1, -0.05) is 6.92 Å². The Kier molecular flexibility index (Phi) is 5.76. The van der Waals surface area contributed by atoms with Gasteiger partial charge in [-0.25, -0.2) is 0 Å². The normalized spacial score (nSPS) is 25.3. The number of carbonyl (C=O) groups is 3. The average Bonchev–Trinajstić information content (AvgIpc) is 3.00. The van der Waals surface area contributed by atoms with Crippen molar-refractivity contribution in [1.82, 2.24) is 9.80 Å². The molecule has 2 atom stereocenters. The molecular weight excluding hydrogens is 286 g/mol. The lowest BCUT2D eigenvalue weighted by Crippen LogP contribution is -2.52. The molecule has 2 fully saturated rings. The van der Waals surface area contributed by atoms with E-state index in [-0.39, 0.29) is 30.6 Å². The van der Waals surface area contributed by atoms with Gasteiger partial charge in [0.1, 0.15) is 12.6 Å². The Morgan fingerprint density at radius 3 is 2.64 bits per heavy atom. The predicted octanol–water partition coefficient (Wildman–Crippen LogP) is -0.120. The van der Waals surface area contributed by atoms with Gasteiger partial charge in [0, 0.05) is 26.1 Å². The van der Waals surface area contributed by atoms with Gasteiger partial charge in [-0.05, 0) is 25.7 Å². The van der Waals surface area contributed by atoms with E-state index in [0.717, 1.165) is 19.3 Å². The molecule has 0 spiro atoms. The molecule has 3 amide bonds. The minimum Gasteiger partial charge on any atom is -0.368 e. The number of nitrogens with zero attached hydrogens (tertiary/aromatic N) is 2. The summed E-state index contributed by atoms with van der Waals surface area (Å²) >= 11 is 0. The van der Waals surface area contributed by atoms with Crippen LogP contribution in [0.2, 0.25) is 0 Å². The fourth-order valence-corrected chi connectivity index (χ4v) is 3.17. The van der Waals surface area contributed by atoms with Crippen molar-refractivity contribution in [3.05, 3.63) is 0 Å². The van der Waals surface area contributed by atoms with Crippen molar-refractivity contribution in [2.24, 2.45) is 5.73 Å². The van der Waals surface area contributed by atoms with Gasteiger partial charge >= 0.3 is 0 Å². The first-order valence-corrected chi connectivity index (χ1v) is 8.01. The van der Waals surface area contributed by atoms with Crippen LogP contribution in [0.5, 0.6) is 0 Å². The third-order valence-electron chi connectivity index (χ3n) is 4.33. The Labute approximate surface area is 130 Å². The molecule has 124 valence electrons. The van der Waals surface area contributed by atoms with Crippen LogP contribution < -0.4 is 5.73 Å². The highest BCUT2D eigenvalue weighted by Crippen LogP contribution is 2.22. The molecule has 0 aromatic rings. The van der Waals surface area contributed by atoms with E-state index in [4.69, 9.17) is 10.5 Å². The molecular formula is C15H25N3O4. The van der Waals surface area contributed by atoms with E-state index in [0.29, 0.717) is 32.5 Å². The molecule has 0 unspecified atom stereocenters. The molecule has 2 rings (SSSR count). The molecule has 2 aliphatic heterocycles. The van der Waals surface area contributed by atoms with Gasteiger partial charge < -0.3 is 20.3 Å². The molecule has 2 N–H and O–H groups in total. The quantitative estimate of drug-likeness (QED) is 0.766. The van der Waals surface area contributed by atoms with Crippen molar-refractivity contribution in [3.8, 4) is 0 Å². The zero-order valence-electron chi connectivity index (χ0n) is 13.1. The summed E-state index contributed by atoms with van der Waals surface area (Å²) in [6.45, 7) is 3.45.